The fourth-order valence-corrected chi connectivity index (χ4v) is 4.15. The van der Waals surface area contributed by atoms with E-state index < -0.39 is 0 Å². The first kappa shape index (κ1) is 16.4. The van der Waals surface area contributed by atoms with E-state index in [2.05, 4.69) is 23.1 Å². The molecule has 1 aromatic rings. The Kier molecular flexibility index (Phi) is 5.26. The van der Waals surface area contributed by atoms with Gasteiger partial charge in [-0.1, -0.05) is 23.9 Å². The lowest BCUT2D eigenvalue weighted by molar-refractivity contribution is -0.117. The van der Waals surface area contributed by atoms with Crippen molar-refractivity contribution in [1.29, 1.82) is 0 Å². The highest BCUT2D eigenvalue weighted by Crippen LogP contribution is 2.35. The van der Waals surface area contributed by atoms with Gasteiger partial charge in [0.25, 0.3) is 0 Å². The molecule has 0 aliphatic carbocycles. The summed E-state index contributed by atoms with van der Waals surface area (Å²) in [5, 5.41) is 0.129. The van der Waals surface area contributed by atoms with Gasteiger partial charge in [0.1, 0.15) is 0 Å². The molecule has 2 saturated heterocycles. The van der Waals surface area contributed by atoms with Crippen molar-refractivity contribution < 1.29 is 9.59 Å². The highest BCUT2D eigenvalue weighted by molar-refractivity contribution is 8.13. The third-order valence-corrected chi connectivity index (χ3v) is 5.64. The topological polar surface area (TPSA) is 40.6 Å². The molecule has 3 rings (SSSR count). The Morgan fingerprint density at radius 1 is 1.17 bits per heavy atom. The molecule has 0 radical (unpaired) electrons. The van der Waals surface area contributed by atoms with Crippen LogP contribution in [0.4, 0.5) is 11.4 Å². The Labute approximate surface area is 142 Å². The summed E-state index contributed by atoms with van der Waals surface area (Å²) >= 11 is 1.33. The van der Waals surface area contributed by atoms with E-state index in [1.165, 1.54) is 36.7 Å². The van der Waals surface area contributed by atoms with Crippen LogP contribution in [0.5, 0.6) is 0 Å². The molecule has 2 aliphatic rings. The van der Waals surface area contributed by atoms with E-state index in [-0.39, 0.29) is 16.9 Å². The Balaban J connectivity index is 1.76. The van der Waals surface area contributed by atoms with Gasteiger partial charge in [-0.2, -0.15) is 0 Å². The predicted octanol–water partition coefficient (Wildman–Crippen LogP) is 3.31. The molecule has 2 fully saturated rings. The molecule has 5 heteroatoms. The van der Waals surface area contributed by atoms with Crippen molar-refractivity contribution in [3.8, 4) is 0 Å². The summed E-state index contributed by atoms with van der Waals surface area (Å²) in [7, 11) is 0. The summed E-state index contributed by atoms with van der Waals surface area (Å²) in [6.07, 6.45) is 4.29. The van der Waals surface area contributed by atoms with Crippen molar-refractivity contribution in [2.75, 3.05) is 35.2 Å². The molecule has 1 unspecified atom stereocenters. The van der Waals surface area contributed by atoms with Crippen molar-refractivity contribution in [2.24, 2.45) is 5.92 Å². The fourth-order valence-electron chi connectivity index (χ4n) is 3.46. The van der Waals surface area contributed by atoms with Crippen LogP contribution in [-0.4, -0.2) is 36.4 Å². The first-order valence-electron chi connectivity index (χ1n) is 8.43. The molecule has 2 heterocycles. The zero-order valence-electron chi connectivity index (χ0n) is 13.7. The Morgan fingerprint density at radius 3 is 2.57 bits per heavy atom. The number of benzene rings is 1. The number of anilines is 2. The molecule has 23 heavy (non-hydrogen) atoms. The molecule has 0 spiro atoms. The van der Waals surface area contributed by atoms with Crippen LogP contribution in [0.2, 0.25) is 0 Å². The lowest BCUT2D eigenvalue weighted by Gasteiger charge is -2.32. The maximum Gasteiger partial charge on any atom is 0.227 e. The number of carbonyl (C=O) groups is 2. The second kappa shape index (κ2) is 7.39. The zero-order chi connectivity index (χ0) is 16.2. The summed E-state index contributed by atoms with van der Waals surface area (Å²) in [5.41, 5.74) is 2.22. The number of carbonyl (C=O) groups excluding carboxylic acids is 2. The van der Waals surface area contributed by atoms with Crippen molar-refractivity contribution >= 4 is 34.2 Å². The molecule has 124 valence electrons. The molecule has 0 N–H and O–H groups in total. The number of para-hydroxylation sites is 2. The predicted molar refractivity (Wildman–Crippen MR) is 96.1 cm³/mol. The maximum atomic E-state index is 12.5. The van der Waals surface area contributed by atoms with Crippen molar-refractivity contribution in [3.05, 3.63) is 24.3 Å². The zero-order valence-corrected chi connectivity index (χ0v) is 14.5. The minimum absolute atomic E-state index is 0.129. The van der Waals surface area contributed by atoms with E-state index >= 15 is 0 Å². The first-order chi connectivity index (χ1) is 11.1. The van der Waals surface area contributed by atoms with Gasteiger partial charge in [-0.3, -0.25) is 9.59 Å². The quantitative estimate of drug-likeness (QED) is 0.848. The minimum atomic E-state index is 0.129. The highest BCUT2D eigenvalue weighted by atomic mass is 32.2. The molecule has 0 saturated carbocycles. The van der Waals surface area contributed by atoms with E-state index in [9.17, 15) is 9.59 Å². The van der Waals surface area contributed by atoms with E-state index in [1.54, 1.807) is 6.92 Å². The van der Waals surface area contributed by atoms with Crippen LogP contribution < -0.4 is 9.80 Å². The molecule has 1 amide bonds. The fraction of sp³-hybridized carbons (Fsp3) is 0.556. The van der Waals surface area contributed by atoms with Gasteiger partial charge in [-0.25, -0.2) is 0 Å². The van der Waals surface area contributed by atoms with Gasteiger partial charge in [-0.05, 0) is 37.3 Å². The number of piperidine rings is 1. The van der Waals surface area contributed by atoms with Gasteiger partial charge in [0.2, 0.25) is 5.91 Å². The Hall–Kier alpha value is -1.49. The Morgan fingerprint density at radius 2 is 1.87 bits per heavy atom. The second-order valence-electron chi connectivity index (χ2n) is 6.41. The van der Waals surface area contributed by atoms with E-state index in [0.717, 1.165) is 31.1 Å². The number of rotatable bonds is 4. The summed E-state index contributed by atoms with van der Waals surface area (Å²) in [4.78, 5) is 28.0. The van der Waals surface area contributed by atoms with Gasteiger partial charge in [0, 0.05) is 38.7 Å². The summed E-state index contributed by atoms with van der Waals surface area (Å²) in [6, 6.07) is 8.25. The maximum absolute atomic E-state index is 12.5. The number of amides is 1. The Bertz CT molecular complexity index is 584. The first-order valence-corrected chi connectivity index (χ1v) is 9.41. The number of thioether (sulfide) groups is 1. The van der Waals surface area contributed by atoms with E-state index in [4.69, 9.17) is 0 Å². The van der Waals surface area contributed by atoms with Crippen LogP contribution in [0.3, 0.4) is 0 Å². The van der Waals surface area contributed by atoms with E-state index in [1.807, 2.05) is 11.0 Å². The van der Waals surface area contributed by atoms with Gasteiger partial charge >= 0.3 is 0 Å². The van der Waals surface area contributed by atoms with E-state index in [0.29, 0.717) is 6.42 Å². The van der Waals surface area contributed by atoms with Gasteiger partial charge in [0.15, 0.2) is 5.12 Å². The average molecular weight is 332 g/mol. The molecule has 0 bridgehead atoms. The van der Waals surface area contributed by atoms with Crippen molar-refractivity contribution in [1.82, 2.24) is 0 Å². The van der Waals surface area contributed by atoms with Crippen LogP contribution in [-0.2, 0) is 9.59 Å². The molecule has 0 aromatic heterocycles. The molecular formula is C18H24N2O2S. The normalized spacial score (nSPS) is 21.8. The van der Waals surface area contributed by atoms with Gasteiger partial charge in [-0.15, -0.1) is 0 Å². The lowest BCUT2D eigenvalue weighted by Crippen LogP contribution is -2.33. The van der Waals surface area contributed by atoms with Crippen LogP contribution in [0, 0.1) is 5.92 Å². The third kappa shape index (κ3) is 3.89. The lowest BCUT2D eigenvalue weighted by atomic mass is 10.1. The summed E-state index contributed by atoms with van der Waals surface area (Å²) < 4.78 is 0. The highest BCUT2D eigenvalue weighted by Gasteiger charge is 2.32. The molecule has 2 aliphatic heterocycles. The smallest absolute Gasteiger partial charge is 0.227 e. The molecule has 1 aromatic carbocycles. The van der Waals surface area contributed by atoms with Crippen molar-refractivity contribution in [3.63, 3.8) is 0 Å². The molecular weight excluding hydrogens is 308 g/mol. The van der Waals surface area contributed by atoms with Crippen LogP contribution in [0.1, 0.15) is 32.6 Å². The van der Waals surface area contributed by atoms with Crippen LogP contribution in [0.25, 0.3) is 0 Å². The molecule has 1 atom stereocenters. The van der Waals surface area contributed by atoms with Crippen LogP contribution in [0.15, 0.2) is 24.3 Å². The molecule has 4 nitrogen and oxygen atoms in total. The standard InChI is InChI=1S/C18H24N2O2S/c1-14(21)23-13-15-11-18(22)20(12-15)17-8-4-3-7-16(17)19-9-5-2-6-10-19/h3-4,7-8,15H,2,5-6,9-13H2,1H3. The van der Waals surface area contributed by atoms with Gasteiger partial charge in [0.05, 0.1) is 11.4 Å². The number of hydrogen-bond acceptors (Lipinski definition) is 4. The summed E-state index contributed by atoms with van der Waals surface area (Å²) in [5.74, 6) is 1.19. The summed E-state index contributed by atoms with van der Waals surface area (Å²) in [6.45, 7) is 4.46. The van der Waals surface area contributed by atoms with Gasteiger partial charge < -0.3 is 9.80 Å². The SMILES string of the molecule is CC(=O)SCC1CC(=O)N(c2ccccc2N2CCCCC2)C1. The number of hydrogen-bond donors (Lipinski definition) is 0. The second-order valence-corrected chi connectivity index (χ2v) is 7.61. The third-order valence-electron chi connectivity index (χ3n) is 4.60. The average Bonchev–Trinajstić information content (AvgIpc) is 2.94. The monoisotopic (exact) mass is 332 g/mol. The largest absolute Gasteiger partial charge is 0.370 e. The minimum Gasteiger partial charge on any atom is -0.370 e. The number of nitrogens with zero attached hydrogens (tertiary/aromatic N) is 2. The van der Waals surface area contributed by atoms with Crippen LogP contribution >= 0.6 is 11.8 Å². The van der Waals surface area contributed by atoms with Crippen molar-refractivity contribution in [2.45, 2.75) is 32.6 Å².